The maximum absolute atomic E-state index is 13.0. The summed E-state index contributed by atoms with van der Waals surface area (Å²) in [5.74, 6) is 0.0808. The summed E-state index contributed by atoms with van der Waals surface area (Å²) in [5, 5.41) is 14.4. The normalized spacial score (nSPS) is 16.2. The summed E-state index contributed by atoms with van der Waals surface area (Å²) in [5.41, 5.74) is 0.741. The summed E-state index contributed by atoms with van der Waals surface area (Å²) in [6, 6.07) is 10.3. The first-order chi connectivity index (χ1) is 12.3. The monoisotopic (exact) mass is 390 g/mol. The summed E-state index contributed by atoms with van der Waals surface area (Å²) in [6.45, 7) is 2.32. The van der Waals surface area contributed by atoms with E-state index in [2.05, 4.69) is 45.4 Å². The maximum Gasteiger partial charge on any atom is 0.248 e. The first-order valence-corrected chi connectivity index (χ1v) is 9.62. The predicted molar refractivity (Wildman–Crippen MR) is 108 cm³/mol. The van der Waals surface area contributed by atoms with E-state index in [9.17, 15) is 4.79 Å². The van der Waals surface area contributed by atoms with Crippen molar-refractivity contribution in [1.29, 1.82) is 0 Å². The molecule has 7 heteroatoms. The second-order valence-corrected chi connectivity index (χ2v) is 7.41. The van der Waals surface area contributed by atoms with Crippen LogP contribution in [0.2, 0.25) is 0 Å². The smallest absolute Gasteiger partial charge is 0.248 e. The van der Waals surface area contributed by atoms with Crippen LogP contribution in [-0.2, 0) is 16.8 Å². The number of aromatic nitrogens is 2. The van der Waals surface area contributed by atoms with E-state index in [4.69, 9.17) is 0 Å². The molecule has 26 heavy (non-hydrogen) atoms. The standard InChI is InChI=1S/C19H22N4OS.ClH/c24-18(19(7-11-20-12-8-19)23-13-3-9-22-23)21-10-6-15-14-25-17-5-2-1-4-16(15)17;/h1-5,9,13-14,20H,6-8,10-12H2,(H,21,24);1H. The molecule has 1 fully saturated rings. The molecule has 0 spiro atoms. The van der Waals surface area contributed by atoms with Crippen molar-refractivity contribution < 1.29 is 4.79 Å². The number of nitrogens with one attached hydrogen (secondary N) is 2. The molecule has 0 aliphatic carbocycles. The molecule has 0 bridgehead atoms. The Hall–Kier alpha value is -1.89. The van der Waals surface area contributed by atoms with E-state index >= 15 is 0 Å². The molecule has 2 aromatic heterocycles. The van der Waals surface area contributed by atoms with Gasteiger partial charge in [0.1, 0.15) is 5.54 Å². The molecule has 4 rings (SSSR count). The number of amides is 1. The van der Waals surface area contributed by atoms with Crippen LogP contribution in [0.3, 0.4) is 0 Å². The van der Waals surface area contributed by atoms with Gasteiger partial charge in [-0.2, -0.15) is 5.10 Å². The number of rotatable bonds is 5. The van der Waals surface area contributed by atoms with Gasteiger partial charge in [0.2, 0.25) is 5.91 Å². The van der Waals surface area contributed by atoms with Gasteiger partial charge in [0.05, 0.1) is 0 Å². The molecular formula is C19H23ClN4OS. The van der Waals surface area contributed by atoms with Gasteiger partial charge in [0.25, 0.3) is 0 Å². The van der Waals surface area contributed by atoms with Gasteiger partial charge in [-0.05, 0) is 60.8 Å². The quantitative estimate of drug-likeness (QED) is 0.704. The molecule has 0 atom stereocenters. The van der Waals surface area contributed by atoms with Gasteiger partial charge >= 0.3 is 0 Å². The minimum absolute atomic E-state index is 0. The second kappa shape index (κ2) is 8.20. The predicted octanol–water partition coefficient (Wildman–Crippen LogP) is 2.96. The molecule has 0 saturated carbocycles. The summed E-state index contributed by atoms with van der Waals surface area (Å²) < 4.78 is 3.14. The number of hydrogen-bond donors (Lipinski definition) is 2. The highest BCUT2D eigenvalue weighted by molar-refractivity contribution is 7.17. The topological polar surface area (TPSA) is 59.0 Å². The fraction of sp³-hybridized carbons (Fsp3) is 0.368. The van der Waals surface area contributed by atoms with Gasteiger partial charge in [-0.1, -0.05) is 18.2 Å². The van der Waals surface area contributed by atoms with E-state index < -0.39 is 5.54 Å². The Bertz CT molecular complexity index is 855. The molecule has 0 radical (unpaired) electrons. The van der Waals surface area contributed by atoms with Gasteiger partial charge in [0, 0.05) is 23.6 Å². The molecule has 5 nitrogen and oxygen atoms in total. The number of carbonyl (C=O) groups excluding carboxylic acids is 1. The first kappa shape index (κ1) is 18.9. The fourth-order valence-corrected chi connectivity index (χ4v) is 4.62. The van der Waals surface area contributed by atoms with Crippen LogP contribution in [0, 0.1) is 0 Å². The fourth-order valence-electron chi connectivity index (χ4n) is 3.62. The lowest BCUT2D eigenvalue weighted by molar-refractivity contribution is -0.131. The van der Waals surface area contributed by atoms with E-state index in [0.29, 0.717) is 6.54 Å². The third-order valence-corrected chi connectivity index (χ3v) is 6.05. The van der Waals surface area contributed by atoms with Gasteiger partial charge < -0.3 is 10.6 Å². The van der Waals surface area contributed by atoms with Crippen molar-refractivity contribution in [2.75, 3.05) is 19.6 Å². The van der Waals surface area contributed by atoms with Crippen molar-refractivity contribution in [1.82, 2.24) is 20.4 Å². The number of nitrogens with zero attached hydrogens (tertiary/aromatic N) is 2. The van der Waals surface area contributed by atoms with Crippen LogP contribution in [0.4, 0.5) is 0 Å². The Morgan fingerprint density at radius 2 is 2.08 bits per heavy atom. The van der Waals surface area contributed by atoms with Crippen molar-refractivity contribution in [3.8, 4) is 0 Å². The van der Waals surface area contributed by atoms with Crippen molar-refractivity contribution in [2.24, 2.45) is 0 Å². The lowest BCUT2D eigenvalue weighted by atomic mass is 9.87. The van der Waals surface area contributed by atoms with Crippen molar-refractivity contribution in [2.45, 2.75) is 24.8 Å². The number of halogens is 1. The average Bonchev–Trinajstić information content (AvgIpc) is 3.33. The van der Waals surface area contributed by atoms with E-state index in [1.165, 1.54) is 15.6 Å². The number of carbonyl (C=O) groups is 1. The van der Waals surface area contributed by atoms with Crippen LogP contribution in [0.25, 0.3) is 10.1 Å². The molecule has 1 amide bonds. The Balaban J connectivity index is 0.00000196. The Morgan fingerprint density at radius 3 is 2.85 bits per heavy atom. The molecule has 138 valence electrons. The zero-order valence-electron chi connectivity index (χ0n) is 14.5. The van der Waals surface area contributed by atoms with Crippen LogP contribution >= 0.6 is 23.7 Å². The SMILES string of the molecule is Cl.O=C(NCCc1csc2ccccc12)C1(n2cccn2)CCNCC1. The Labute approximate surface area is 163 Å². The molecule has 2 N–H and O–H groups in total. The van der Waals surface area contributed by atoms with Crippen molar-refractivity contribution in [3.05, 3.63) is 53.7 Å². The summed E-state index contributed by atoms with van der Waals surface area (Å²) >= 11 is 1.76. The van der Waals surface area contributed by atoms with Gasteiger partial charge in [-0.15, -0.1) is 23.7 Å². The number of thiophene rings is 1. The molecule has 1 aliphatic rings. The molecule has 3 heterocycles. The first-order valence-electron chi connectivity index (χ1n) is 8.74. The van der Waals surface area contributed by atoms with E-state index in [-0.39, 0.29) is 18.3 Å². The maximum atomic E-state index is 13.0. The third kappa shape index (κ3) is 3.49. The van der Waals surface area contributed by atoms with E-state index in [0.717, 1.165) is 32.4 Å². The summed E-state index contributed by atoms with van der Waals surface area (Å²) in [6.07, 6.45) is 6.03. The van der Waals surface area contributed by atoms with E-state index in [1.807, 2.05) is 16.9 Å². The van der Waals surface area contributed by atoms with Crippen LogP contribution in [0.1, 0.15) is 18.4 Å². The van der Waals surface area contributed by atoms with Crippen molar-refractivity contribution >= 4 is 39.7 Å². The van der Waals surface area contributed by atoms with E-state index in [1.54, 1.807) is 17.5 Å². The van der Waals surface area contributed by atoms with Gasteiger partial charge in [-0.25, -0.2) is 0 Å². The third-order valence-electron chi connectivity index (χ3n) is 5.04. The van der Waals surface area contributed by atoms with Crippen LogP contribution in [-0.4, -0.2) is 35.3 Å². The number of benzene rings is 1. The highest BCUT2D eigenvalue weighted by Gasteiger charge is 2.41. The minimum Gasteiger partial charge on any atom is -0.354 e. The average molecular weight is 391 g/mol. The number of piperidine rings is 1. The second-order valence-electron chi connectivity index (χ2n) is 6.50. The number of fused-ring (bicyclic) bond motifs is 1. The van der Waals surface area contributed by atoms with Crippen LogP contribution in [0.5, 0.6) is 0 Å². The molecule has 1 aliphatic heterocycles. The minimum atomic E-state index is -0.564. The zero-order valence-corrected chi connectivity index (χ0v) is 16.1. The lowest BCUT2D eigenvalue weighted by Crippen LogP contribution is -2.54. The Kier molecular flexibility index (Phi) is 5.96. The van der Waals surface area contributed by atoms with Gasteiger partial charge in [-0.3, -0.25) is 9.48 Å². The lowest BCUT2D eigenvalue weighted by Gasteiger charge is -2.36. The highest BCUT2D eigenvalue weighted by Crippen LogP contribution is 2.28. The Morgan fingerprint density at radius 1 is 1.27 bits per heavy atom. The number of hydrogen-bond acceptors (Lipinski definition) is 4. The molecular weight excluding hydrogens is 368 g/mol. The van der Waals surface area contributed by atoms with Crippen LogP contribution < -0.4 is 10.6 Å². The zero-order chi connectivity index (χ0) is 17.1. The van der Waals surface area contributed by atoms with Gasteiger partial charge in [0.15, 0.2) is 0 Å². The van der Waals surface area contributed by atoms with Crippen LogP contribution in [0.15, 0.2) is 48.1 Å². The molecule has 1 saturated heterocycles. The summed E-state index contributed by atoms with van der Waals surface area (Å²) in [7, 11) is 0. The molecule has 3 aromatic rings. The highest BCUT2D eigenvalue weighted by atomic mass is 35.5. The summed E-state index contributed by atoms with van der Waals surface area (Å²) in [4.78, 5) is 13.0. The largest absolute Gasteiger partial charge is 0.354 e. The molecule has 1 aromatic carbocycles. The van der Waals surface area contributed by atoms with Crippen molar-refractivity contribution in [3.63, 3.8) is 0 Å². The molecule has 0 unspecified atom stereocenters.